The average molecular weight is 355 g/mol. The van der Waals surface area contributed by atoms with E-state index in [2.05, 4.69) is 20.9 Å². The maximum absolute atomic E-state index is 11.5. The number of pyridine rings is 1. The number of aromatic nitrogens is 1. The third kappa shape index (κ3) is 3.58. The molecule has 0 saturated carbocycles. The predicted molar refractivity (Wildman–Crippen MR) is 82.2 cm³/mol. The van der Waals surface area contributed by atoms with Crippen LogP contribution in [0.15, 0.2) is 41.0 Å². The first-order valence-electron chi connectivity index (χ1n) is 6.06. The molecule has 1 atom stereocenters. The van der Waals surface area contributed by atoms with Gasteiger partial charge in [-0.05, 0) is 58.6 Å². The van der Waals surface area contributed by atoms with Gasteiger partial charge < -0.3 is 5.11 Å². The smallest absolute Gasteiger partial charge is 0.312 e. The molecule has 0 spiro atoms. The quantitative estimate of drug-likeness (QED) is 0.894. The fourth-order valence-corrected chi connectivity index (χ4v) is 2.78. The molecule has 2 rings (SSSR count). The number of hydrogen-bond acceptors (Lipinski definition) is 2. The largest absolute Gasteiger partial charge is 0.481 e. The van der Waals surface area contributed by atoms with Crippen LogP contribution in [0.3, 0.4) is 0 Å². The Morgan fingerprint density at radius 1 is 1.45 bits per heavy atom. The molecular weight excluding hydrogens is 342 g/mol. The van der Waals surface area contributed by atoms with Crippen molar-refractivity contribution in [1.82, 2.24) is 4.98 Å². The van der Waals surface area contributed by atoms with Gasteiger partial charge in [-0.1, -0.05) is 23.7 Å². The van der Waals surface area contributed by atoms with Gasteiger partial charge in [0.2, 0.25) is 0 Å². The maximum atomic E-state index is 11.5. The highest BCUT2D eigenvalue weighted by molar-refractivity contribution is 9.10. The van der Waals surface area contributed by atoms with Crippen LogP contribution in [0.4, 0.5) is 0 Å². The van der Waals surface area contributed by atoms with Gasteiger partial charge in [-0.2, -0.15) is 0 Å². The summed E-state index contributed by atoms with van der Waals surface area (Å²) in [4.78, 5) is 15.8. The summed E-state index contributed by atoms with van der Waals surface area (Å²) >= 11 is 9.27. The summed E-state index contributed by atoms with van der Waals surface area (Å²) in [7, 11) is 0. The molecule has 0 fully saturated rings. The van der Waals surface area contributed by atoms with Gasteiger partial charge in [0.1, 0.15) is 5.92 Å². The van der Waals surface area contributed by atoms with Crippen molar-refractivity contribution in [3.63, 3.8) is 0 Å². The molecule has 0 bridgehead atoms. The van der Waals surface area contributed by atoms with Gasteiger partial charge in [-0.25, -0.2) is 0 Å². The Morgan fingerprint density at radius 3 is 2.80 bits per heavy atom. The zero-order valence-corrected chi connectivity index (χ0v) is 13.1. The third-order valence-electron chi connectivity index (χ3n) is 3.04. The number of carboxylic acid groups (broad SMARTS) is 1. The van der Waals surface area contributed by atoms with Crippen LogP contribution in [0, 0.1) is 6.92 Å². The molecule has 0 amide bonds. The Kier molecular flexibility index (Phi) is 4.78. The Hall–Kier alpha value is -1.39. The third-order valence-corrected chi connectivity index (χ3v) is 3.71. The summed E-state index contributed by atoms with van der Waals surface area (Å²) < 4.78 is 0.839. The van der Waals surface area contributed by atoms with Crippen molar-refractivity contribution in [1.29, 1.82) is 0 Å². The van der Waals surface area contributed by atoms with E-state index in [1.165, 1.54) is 0 Å². The van der Waals surface area contributed by atoms with Crippen molar-refractivity contribution in [3.8, 4) is 0 Å². The van der Waals surface area contributed by atoms with E-state index in [1.54, 1.807) is 18.3 Å². The molecule has 0 saturated heterocycles. The van der Waals surface area contributed by atoms with Crippen LogP contribution in [-0.4, -0.2) is 16.1 Å². The summed E-state index contributed by atoms with van der Waals surface area (Å²) in [6.07, 6.45) is 1.99. The SMILES string of the molecule is Cc1cc(Br)cnc1C(Cc1cccc(Cl)c1)C(=O)O. The molecule has 0 radical (unpaired) electrons. The zero-order valence-electron chi connectivity index (χ0n) is 10.8. The van der Waals surface area contributed by atoms with E-state index in [-0.39, 0.29) is 0 Å². The van der Waals surface area contributed by atoms with E-state index in [9.17, 15) is 9.90 Å². The summed E-state index contributed by atoms with van der Waals surface area (Å²) in [6.45, 7) is 1.86. The molecule has 0 aliphatic rings. The van der Waals surface area contributed by atoms with Crippen molar-refractivity contribution >= 4 is 33.5 Å². The van der Waals surface area contributed by atoms with E-state index >= 15 is 0 Å². The standard InChI is InChI=1S/C15H13BrClNO2/c1-9-5-11(16)8-18-14(9)13(15(19)20)7-10-3-2-4-12(17)6-10/h2-6,8,13H,7H2,1H3,(H,19,20). The first-order chi connectivity index (χ1) is 9.47. The Balaban J connectivity index is 2.34. The molecule has 104 valence electrons. The molecule has 1 unspecified atom stereocenters. The lowest BCUT2D eigenvalue weighted by Crippen LogP contribution is -2.17. The number of aryl methyl sites for hydroxylation is 1. The molecule has 1 heterocycles. The normalized spacial score (nSPS) is 12.2. The van der Waals surface area contributed by atoms with E-state index in [0.717, 1.165) is 15.6 Å². The number of nitrogens with zero attached hydrogens (tertiary/aromatic N) is 1. The molecule has 1 N–H and O–H groups in total. The van der Waals surface area contributed by atoms with Crippen molar-refractivity contribution in [2.75, 3.05) is 0 Å². The van der Waals surface area contributed by atoms with Gasteiger partial charge in [0.15, 0.2) is 0 Å². The molecule has 5 heteroatoms. The number of hydrogen-bond donors (Lipinski definition) is 1. The fourth-order valence-electron chi connectivity index (χ4n) is 2.12. The van der Waals surface area contributed by atoms with Gasteiger partial charge >= 0.3 is 5.97 Å². The summed E-state index contributed by atoms with van der Waals surface area (Å²) in [5, 5.41) is 10.1. The van der Waals surface area contributed by atoms with Crippen LogP contribution >= 0.6 is 27.5 Å². The van der Waals surface area contributed by atoms with Gasteiger partial charge in [0, 0.05) is 15.7 Å². The molecule has 0 aliphatic heterocycles. The van der Waals surface area contributed by atoms with Gasteiger partial charge in [0.25, 0.3) is 0 Å². The molecule has 1 aromatic carbocycles. The van der Waals surface area contributed by atoms with Gasteiger partial charge in [0.05, 0.1) is 5.69 Å². The second-order valence-corrected chi connectivity index (χ2v) is 5.93. The molecule has 3 nitrogen and oxygen atoms in total. The minimum absolute atomic E-state index is 0.366. The maximum Gasteiger partial charge on any atom is 0.312 e. The van der Waals surface area contributed by atoms with Crippen molar-refractivity contribution in [2.45, 2.75) is 19.3 Å². The van der Waals surface area contributed by atoms with Crippen LogP contribution in [-0.2, 0) is 11.2 Å². The number of benzene rings is 1. The minimum atomic E-state index is -0.886. The van der Waals surface area contributed by atoms with Crippen molar-refractivity contribution in [2.24, 2.45) is 0 Å². The topological polar surface area (TPSA) is 50.2 Å². The second kappa shape index (κ2) is 6.37. The lowest BCUT2D eigenvalue weighted by Gasteiger charge is -2.14. The number of carboxylic acids is 1. The Labute approximate surface area is 130 Å². The zero-order chi connectivity index (χ0) is 14.7. The first kappa shape index (κ1) is 15.0. The lowest BCUT2D eigenvalue weighted by molar-refractivity contribution is -0.138. The van der Waals surface area contributed by atoms with E-state index in [1.807, 2.05) is 25.1 Å². The van der Waals surface area contributed by atoms with Crippen molar-refractivity contribution in [3.05, 3.63) is 62.8 Å². The highest BCUT2D eigenvalue weighted by Crippen LogP contribution is 2.25. The second-order valence-electron chi connectivity index (χ2n) is 4.58. The highest BCUT2D eigenvalue weighted by atomic mass is 79.9. The Morgan fingerprint density at radius 2 is 2.20 bits per heavy atom. The van der Waals surface area contributed by atoms with E-state index in [0.29, 0.717) is 17.1 Å². The lowest BCUT2D eigenvalue weighted by atomic mass is 9.93. The molecule has 1 aromatic heterocycles. The molecular formula is C15H13BrClNO2. The van der Waals surface area contributed by atoms with E-state index in [4.69, 9.17) is 11.6 Å². The molecule has 0 aliphatic carbocycles. The van der Waals surface area contributed by atoms with Crippen LogP contribution < -0.4 is 0 Å². The fraction of sp³-hybridized carbons (Fsp3) is 0.200. The molecule has 20 heavy (non-hydrogen) atoms. The van der Waals surface area contributed by atoms with E-state index < -0.39 is 11.9 Å². The number of halogens is 2. The van der Waals surface area contributed by atoms with Crippen LogP contribution in [0.2, 0.25) is 5.02 Å². The van der Waals surface area contributed by atoms with Crippen LogP contribution in [0.25, 0.3) is 0 Å². The average Bonchev–Trinajstić information content (AvgIpc) is 2.36. The molecule has 2 aromatic rings. The van der Waals surface area contributed by atoms with Gasteiger partial charge in [-0.15, -0.1) is 0 Å². The Bertz CT molecular complexity index is 646. The number of carbonyl (C=O) groups is 1. The van der Waals surface area contributed by atoms with Gasteiger partial charge in [-0.3, -0.25) is 9.78 Å². The van der Waals surface area contributed by atoms with Crippen LogP contribution in [0.1, 0.15) is 22.7 Å². The summed E-state index contributed by atoms with van der Waals surface area (Å²) in [5.41, 5.74) is 2.32. The van der Waals surface area contributed by atoms with Crippen molar-refractivity contribution < 1.29 is 9.90 Å². The number of aliphatic carboxylic acids is 1. The summed E-state index contributed by atoms with van der Waals surface area (Å²) in [6, 6.07) is 9.11. The number of rotatable bonds is 4. The predicted octanol–water partition coefficient (Wildman–Crippen LogP) is 4.22. The monoisotopic (exact) mass is 353 g/mol. The van der Waals surface area contributed by atoms with Crippen LogP contribution in [0.5, 0.6) is 0 Å². The summed E-state index contributed by atoms with van der Waals surface area (Å²) in [5.74, 6) is -1.57. The first-order valence-corrected chi connectivity index (χ1v) is 7.24. The highest BCUT2D eigenvalue weighted by Gasteiger charge is 2.23. The minimum Gasteiger partial charge on any atom is -0.481 e.